The largest absolute Gasteiger partial charge is 0.471 e. The molecule has 0 N–H and O–H groups in total. The van der Waals surface area contributed by atoms with Crippen molar-refractivity contribution in [2.24, 2.45) is 0 Å². The number of fused-ring (bicyclic) bond motifs is 1. The fourth-order valence-electron chi connectivity index (χ4n) is 3.86. The molecule has 0 fully saturated rings. The minimum atomic E-state index is -0.263. The van der Waals surface area contributed by atoms with Crippen LogP contribution < -0.4 is 4.74 Å². The Labute approximate surface area is 191 Å². The molecule has 0 unspecified atom stereocenters. The van der Waals surface area contributed by atoms with Gasteiger partial charge in [-0.25, -0.2) is 9.97 Å². The predicted molar refractivity (Wildman–Crippen MR) is 126 cm³/mol. The van der Waals surface area contributed by atoms with Gasteiger partial charge >= 0.3 is 0 Å². The number of Topliss-reactive ketones (excluding diaryl/α,β-unsaturated/α-hetero) is 1. The first-order chi connectivity index (χ1) is 16.3. The van der Waals surface area contributed by atoms with Crippen LogP contribution >= 0.6 is 0 Å². The van der Waals surface area contributed by atoms with Crippen LogP contribution in [0.5, 0.6) is 5.88 Å². The van der Waals surface area contributed by atoms with Crippen LogP contribution in [0.1, 0.15) is 33.9 Å². The summed E-state index contributed by atoms with van der Waals surface area (Å²) in [7, 11) is 0. The number of hydrogen-bond acceptors (Lipinski definition) is 5. The van der Waals surface area contributed by atoms with Crippen molar-refractivity contribution in [2.45, 2.75) is 19.1 Å². The van der Waals surface area contributed by atoms with Crippen molar-refractivity contribution < 1.29 is 9.53 Å². The molecule has 1 atom stereocenters. The molecule has 0 saturated heterocycles. The van der Waals surface area contributed by atoms with Gasteiger partial charge in [0.15, 0.2) is 16.9 Å². The summed E-state index contributed by atoms with van der Waals surface area (Å²) in [5.41, 5.74) is 3.93. The van der Waals surface area contributed by atoms with E-state index in [1.54, 1.807) is 6.33 Å². The number of ketones is 1. The van der Waals surface area contributed by atoms with Crippen molar-refractivity contribution >= 4 is 16.9 Å². The lowest BCUT2D eigenvalue weighted by Crippen LogP contribution is -2.15. The molecule has 0 aliphatic carbocycles. The topological polar surface area (TPSA) is 69.9 Å². The first-order valence-corrected chi connectivity index (χ1v) is 10.8. The molecule has 2 aromatic heterocycles. The van der Waals surface area contributed by atoms with Gasteiger partial charge in [0, 0.05) is 12.0 Å². The van der Waals surface area contributed by atoms with Gasteiger partial charge in [0.25, 0.3) is 0 Å². The molecule has 162 valence electrons. The van der Waals surface area contributed by atoms with Gasteiger partial charge in [-0.2, -0.15) is 4.98 Å². The average molecular weight is 434 g/mol. The van der Waals surface area contributed by atoms with Gasteiger partial charge in [-0.15, -0.1) is 0 Å². The number of hydrogen-bond donors (Lipinski definition) is 0. The molecule has 0 amide bonds. The van der Waals surface area contributed by atoms with Crippen molar-refractivity contribution in [3.63, 3.8) is 0 Å². The molecule has 6 heteroatoms. The Bertz CT molecular complexity index is 1350. The first kappa shape index (κ1) is 20.6. The fraction of sp³-hybridized carbons (Fsp3) is 0.111. The molecular formula is C27H22N4O2. The van der Waals surface area contributed by atoms with Gasteiger partial charge in [0.1, 0.15) is 12.9 Å². The normalized spacial score (nSPS) is 11.9. The number of carbonyl (C=O) groups is 1. The Hall–Kier alpha value is -4.32. The number of nitrogens with zero attached hydrogens (tertiary/aromatic N) is 4. The van der Waals surface area contributed by atoms with Crippen LogP contribution in [0.25, 0.3) is 11.2 Å². The highest BCUT2D eigenvalue weighted by atomic mass is 16.5. The third-order valence-corrected chi connectivity index (χ3v) is 5.54. The molecule has 5 rings (SSSR count). The zero-order chi connectivity index (χ0) is 22.5. The fourth-order valence-corrected chi connectivity index (χ4v) is 3.86. The molecule has 0 aliphatic rings. The Morgan fingerprint density at radius 3 is 2.21 bits per heavy atom. The first-order valence-electron chi connectivity index (χ1n) is 10.8. The summed E-state index contributed by atoms with van der Waals surface area (Å²) in [6.07, 6.45) is 3.47. The third kappa shape index (κ3) is 4.50. The van der Waals surface area contributed by atoms with Crippen molar-refractivity contribution in [3.8, 4) is 5.88 Å². The summed E-state index contributed by atoms with van der Waals surface area (Å²) in [6, 6.07) is 28.9. The highest BCUT2D eigenvalue weighted by Crippen LogP contribution is 2.29. The van der Waals surface area contributed by atoms with Crippen LogP contribution in [-0.4, -0.2) is 25.3 Å². The van der Waals surface area contributed by atoms with E-state index in [4.69, 9.17) is 4.74 Å². The van der Waals surface area contributed by atoms with Gasteiger partial charge in [0.2, 0.25) is 5.88 Å². The number of aromatic nitrogens is 4. The smallest absolute Gasteiger partial charge is 0.245 e. The van der Waals surface area contributed by atoms with Gasteiger partial charge in [-0.1, -0.05) is 91.0 Å². The molecule has 0 saturated carbocycles. The van der Waals surface area contributed by atoms with E-state index in [0.29, 0.717) is 29.2 Å². The van der Waals surface area contributed by atoms with Crippen molar-refractivity contribution in [1.82, 2.24) is 19.5 Å². The van der Waals surface area contributed by atoms with Gasteiger partial charge in [-0.05, 0) is 11.1 Å². The Morgan fingerprint density at radius 2 is 1.48 bits per heavy atom. The van der Waals surface area contributed by atoms with Gasteiger partial charge in [-0.3, -0.25) is 4.79 Å². The number of imidazole rings is 1. The molecule has 6 nitrogen and oxygen atoms in total. The summed E-state index contributed by atoms with van der Waals surface area (Å²) in [6.45, 7) is 0.383. The summed E-state index contributed by atoms with van der Waals surface area (Å²) in [4.78, 5) is 26.4. The quantitative estimate of drug-likeness (QED) is 0.311. The zero-order valence-electron chi connectivity index (χ0n) is 17.9. The average Bonchev–Trinajstić information content (AvgIpc) is 3.32. The van der Waals surface area contributed by atoms with E-state index >= 15 is 0 Å². The lowest BCUT2D eigenvalue weighted by atomic mass is 9.97. The van der Waals surface area contributed by atoms with Crippen LogP contribution in [-0.2, 0) is 6.61 Å². The second kappa shape index (κ2) is 9.44. The van der Waals surface area contributed by atoms with E-state index in [0.717, 1.165) is 11.1 Å². The van der Waals surface area contributed by atoms with Crippen LogP contribution in [0.15, 0.2) is 104 Å². The number of ether oxygens (including phenoxy) is 1. The summed E-state index contributed by atoms with van der Waals surface area (Å²) >= 11 is 0. The maximum Gasteiger partial charge on any atom is 0.245 e. The van der Waals surface area contributed by atoms with Crippen molar-refractivity contribution in [3.05, 3.63) is 120 Å². The summed E-state index contributed by atoms with van der Waals surface area (Å²) in [5, 5.41) is 0. The molecule has 3 aromatic carbocycles. The van der Waals surface area contributed by atoms with Crippen LogP contribution in [0, 0.1) is 0 Å². The standard InChI is InChI=1S/C27H22N4O2/c32-24(22-14-8-3-9-15-22)16-23(21-12-6-2-7-13-21)31-19-30-25-26(31)28-18-29-27(25)33-17-20-10-4-1-5-11-20/h1-15,18-19,23H,16-17H2/t23-/m1/s1. The van der Waals surface area contributed by atoms with E-state index < -0.39 is 0 Å². The monoisotopic (exact) mass is 434 g/mol. The van der Waals surface area contributed by atoms with Crippen molar-refractivity contribution in [1.29, 1.82) is 0 Å². The highest BCUT2D eigenvalue weighted by molar-refractivity contribution is 5.96. The second-order valence-corrected chi connectivity index (χ2v) is 7.70. The van der Waals surface area contributed by atoms with E-state index in [2.05, 4.69) is 15.0 Å². The number of rotatable bonds is 8. The van der Waals surface area contributed by atoms with E-state index in [9.17, 15) is 4.79 Å². The number of carbonyl (C=O) groups excluding carboxylic acids is 1. The Morgan fingerprint density at radius 1 is 0.818 bits per heavy atom. The molecule has 0 radical (unpaired) electrons. The summed E-state index contributed by atoms with van der Waals surface area (Å²) < 4.78 is 7.89. The maximum absolute atomic E-state index is 13.1. The highest BCUT2D eigenvalue weighted by Gasteiger charge is 2.23. The SMILES string of the molecule is O=C(C[C@H](c1ccccc1)n1cnc2c(OCc3ccccc3)ncnc21)c1ccccc1. The van der Waals surface area contributed by atoms with Crippen LogP contribution in [0.3, 0.4) is 0 Å². The third-order valence-electron chi connectivity index (χ3n) is 5.54. The minimum absolute atomic E-state index is 0.0564. The molecule has 33 heavy (non-hydrogen) atoms. The molecule has 0 spiro atoms. The summed E-state index contributed by atoms with van der Waals surface area (Å²) in [5.74, 6) is 0.477. The van der Waals surface area contributed by atoms with E-state index in [-0.39, 0.29) is 18.2 Å². The van der Waals surface area contributed by atoms with E-state index in [1.807, 2.05) is 95.6 Å². The van der Waals surface area contributed by atoms with Crippen molar-refractivity contribution in [2.75, 3.05) is 0 Å². The van der Waals surface area contributed by atoms with Gasteiger partial charge < -0.3 is 9.30 Å². The lowest BCUT2D eigenvalue weighted by Gasteiger charge is -2.19. The molecule has 0 aliphatic heterocycles. The Balaban J connectivity index is 1.49. The second-order valence-electron chi connectivity index (χ2n) is 7.70. The zero-order valence-corrected chi connectivity index (χ0v) is 17.9. The molecule has 5 aromatic rings. The Kier molecular flexibility index (Phi) is 5.89. The van der Waals surface area contributed by atoms with Crippen LogP contribution in [0.2, 0.25) is 0 Å². The van der Waals surface area contributed by atoms with Gasteiger partial charge in [0.05, 0.1) is 12.4 Å². The van der Waals surface area contributed by atoms with Crippen LogP contribution in [0.4, 0.5) is 0 Å². The lowest BCUT2D eigenvalue weighted by molar-refractivity contribution is 0.0970. The molecule has 2 heterocycles. The minimum Gasteiger partial charge on any atom is -0.471 e. The predicted octanol–water partition coefficient (Wildman–Crippen LogP) is 5.27. The maximum atomic E-state index is 13.1. The number of benzene rings is 3. The van der Waals surface area contributed by atoms with E-state index in [1.165, 1.54) is 6.33 Å². The molecule has 0 bridgehead atoms. The molecular weight excluding hydrogens is 412 g/mol.